The second-order valence-electron chi connectivity index (χ2n) is 7.13. The van der Waals surface area contributed by atoms with Crippen LogP contribution in [0.4, 0.5) is 4.39 Å². The molecule has 0 radical (unpaired) electrons. The number of pyridine rings is 1. The van der Waals surface area contributed by atoms with Gasteiger partial charge in [-0.25, -0.2) is 4.39 Å². The lowest BCUT2D eigenvalue weighted by Crippen LogP contribution is -2.17. The van der Waals surface area contributed by atoms with Gasteiger partial charge in [-0.3, -0.25) is 4.98 Å². The lowest BCUT2D eigenvalue weighted by Gasteiger charge is -2.25. The van der Waals surface area contributed by atoms with Crippen molar-refractivity contribution in [3.8, 4) is 5.75 Å². The Bertz CT molecular complexity index is 854. The number of rotatable bonds is 5. The van der Waals surface area contributed by atoms with E-state index in [1.165, 1.54) is 12.1 Å². The van der Waals surface area contributed by atoms with Crippen LogP contribution in [0.1, 0.15) is 61.3 Å². The lowest BCUT2D eigenvalue weighted by molar-refractivity contribution is 0.0843. The molecular formula is C21H24FNO3. The minimum Gasteiger partial charge on any atom is -0.507 e. The van der Waals surface area contributed by atoms with E-state index in [0.29, 0.717) is 48.0 Å². The van der Waals surface area contributed by atoms with Gasteiger partial charge in [0.15, 0.2) is 0 Å². The molecule has 1 N–H and O–H groups in total. The van der Waals surface area contributed by atoms with Crippen LogP contribution in [0.25, 0.3) is 16.7 Å². The van der Waals surface area contributed by atoms with Gasteiger partial charge in [0.1, 0.15) is 17.3 Å². The van der Waals surface area contributed by atoms with Gasteiger partial charge in [0.05, 0.1) is 17.8 Å². The van der Waals surface area contributed by atoms with Crippen molar-refractivity contribution in [1.82, 2.24) is 4.98 Å². The number of halogens is 1. The van der Waals surface area contributed by atoms with Crippen molar-refractivity contribution < 1.29 is 19.0 Å². The number of nitrogens with zero attached hydrogens (tertiary/aromatic N) is 1. The van der Waals surface area contributed by atoms with Crippen LogP contribution in [-0.2, 0) is 9.47 Å². The van der Waals surface area contributed by atoms with Gasteiger partial charge < -0.3 is 14.6 Å². The fraction of sp³-hybridized carbons (Fsp3) is 0.476. The Morgan fingerprint density at radius 1 is 1.27 bits per heavy atom. The number of hydrogen-bond acceptors (Lipinski definition) is 4. The van der Waals surface area contributed by atoms with E-state index < -0.39 is 5.82 Å². The van der Waals surface area contributed by atoms with Gasteiger partial charge in [0.25, 0.3) is 0 Å². The van der Waals surface area contributed by atoms with E-state index in [0.717, 1.165) is 36.9 Å². The average molecular weight is 357 g/mol. The van der Waals surface area contributed by atoms with Crippen LogP contribution in [0.2, 0.25) is 0 Å². The first-order chi connectivity index (χ1) is 12.6. The SMILES string of the molecule is C=C(OCC)c1cc(F)cc2c(O)c(C3CC3)c(C3CCOCC3)nc12. The molecule has 138 valence electrons. The number of fused-ring (bicyclic) bond motifs is 1. The standard InChI is InChI=1S/C21H24FNO3/c1-3-26-12(2)16-10-15(22)11-17-20(16)23-19(14-6-8-25-9-7-14)18(21(17)24)13-4-5-13/h10-11,13-14H,2-9H2,1H3,(H,23,24). The van der Waals surface area contributed by atoms with Gasteiger partial charge in [-0.05, 0) is 50.7 Å². The van der Waals surface area contributed by atoms with E-state index in [1.54, 1.807) is 0 Å². The van der Waals surface area contributed by atoms with E-state index in [9.17, 15) is 9.50 Å². The van der Waals surface area contributed by atoms with E-state index in [-0.39, 0.29) is 11.7 Å². The molecule has 4 rings (SSSR count). The van der Waals surface area contributed by atoms with E-state index in [1.807, 2.05) is 6.92 Å². The summed E-state index contributed by atoms with van der Waals surface area (Å²) in [6.07, 6.45) is 3.87. The molecule has 2 heterocycles. The van der Waals surface area contributed by atoms with Gasteiger partial charge >= 0.3 is 0 Å². The molecule has 1 saturated heterocycles. The molecule has 1 aromatic carbocycles. The molecule has 2 aromatic rings. The Balaban J connectivity index is 1.94. The van der Waals surface area contributed by atoms with Crippen LogP contribution in [0.5, 0.6) is 5.75 Å². The van der Waals surface area contributed by atoms with Crippen molar-refractivity contribution in [2.75, 3.05) is 19.8 Å². The second kappa shape index (κ2) is 6.88. The summed E-state index contributed by atoms with van der Waals surface area (Å²) in [4.78, 5) is 4.94. The number of hydrogen-bond donors (Lipinski definition) is 1. The molecule has 2 fully saturated rings. The molecule has 4 nitrogen and oxygen atoms in total. The summed E-state index contributed by atoms with van der Waals surface area (Å²) in [5.74, 6) is 0.704. The third kappa shape index (κ3) is 3.05. The first kappa shape index (κ1) is 17.3. The number of benzene rings is 1. The monoisotopic (exact) mass is 357 g/mol. The molecule has 0 atom stereocenters. The van der Waals surface area contributed by atoms with E-state index >= 15 is 0 Å². The summed E-state index contributed by atoms with van der Waals surface area (Å²) in [5, 5.41) is 11.5. The third-order valence-electron chi connectivity index (χ3n) is 5.31. The van der Waals surface area contributed by atoms with Crippen molar-refractivity contribution in [1.29, 1.82) is 0 Å². The molecule has 2 aliphatic rings. The highest BCUT2D eigenvalue weighted by molar-refractivity contribution is 5.94. The minimum absolute atomic E-state index is 0.170. The maximum Gasteiger partial charge on any atom is 0.130 e. The van der Waals surface area contributed by atoms with E-state index in [4.69, 9.17) is 14.5 Å². The second-order valence-corrected chi connectivity index (χ2v) is 7.13. The highest BCUT2D eigenvalue weighted by Crippen LogP contribution is 2.50. The Kier molecular flexibility index (Phi) is 4.57. The predicted molar refractivity (Wildman–Crippen MR) is 98.8 cm³/mol. The predicted octanol–water partition coefficient (Wildman–Crippen LogP) is 4.86. The van der Waals surface area contributed by atoms with Gasteiger partial charge in [0.2, 0.25) is 0 Å². The van der Waals surface area contributed by atoms with Crippen molar-refractivity contribution in [2.45, 2.75) is 44.4 Å². The first-order valence-electron chi connectivity index (χ1n) is 9.36. The summed E-state index contributed by atoms with van der Waals surface area (Å²) < 4.78 is 25.2. The normalized spacial score (nSPS) is 18.2. The summed E-state index contributed by atoms with van der Waals surface area (Å²) >= 11 is 0. The maximum atomic E-state index is 14.2. The number of aromatic hydroxyl groups is 1. The van der Waals surface area contributed by atoms with Gasteiger partial charge in [0, 0.05) is 35.6 Å². The quantitative estimate of drug-likeness (QED) is 0.777. The molecule has 0 unspecified atom stereocenters. The zero-order chi connectivity index (χ0) is 18.3. The molecule has 1 saturated carbocycles. The van der Waals surface area contributed by atoms with Crippen LogP contribution in [0.15, 0.2) is 18.7 Å². The molecule has 0 amide bonds. The molecule has 1 aliphatic carbocycles. The first-order valence-corrected chi connectivity index (χ1v) is 9.36. The summed E-state index contributed by atoms with van der Waals surface area (Å²) in [6.45, 7) is 7.63. The third-order valence-corrected chi connectivity index (χ3v) is 5.31. The van der Waals surface area contributed by atoms with Crippen LogP contribution in [-0.4, -0.2) is 29.9 Å². The Morgan fingerprint density at radius 2 is 2.00 bits per heavy atom. The fourth-order valence-electron chi connectivity index (χ4n) is 3.87. The summed E-state index contributed by atoms with van der Waals surface area (Å²) in [5.41, 5.74) is 2.92. The average Bonchev–Trinajstić information content (AvgIpc) is 3.47. The topological polar surface area (TPSA) is 51.6 Å². The molecule has 0 bridgehead atoms. The fourth-order valence-corrected chi connectivity index (χ4v) is 3.87. The Morgan fingerprint density at radius 3 is 2.65 bits per heavy atom. The maximum absolute atomic E-state index is 14.2. The summed E-state index contributed by atoms with van der Waals surface area (Å²) in [7, 11) is 0. The number of aromatic nitrogens is 1. The van der Waals surface area contributed by atoms with Crippen LogP contribution >= 0.6 is 0 Å². The van der Waals surface area contributed by atoms with Gasteiger partial charge in [-0.2, -0.15) is 0 Å². The molecule has 0 spiro atoms. The van der Waals surface area contributed by atoms with Crippen molar-refractivity contribution in [3.63, 3.8) is 0 Å². The lowest BCUT2D eigenvalue weighted by atomic mass is 9.89. The highest BCUT2D eigenvalue weighted by Gasteiger charge is 2.34. The minimum atomic E-state index is -0.425. The molecule has 26 heavy (non-hydrogen) atoms. The highest BCUT2D eigenvalue weighted by atomic mass is 19.1. The van der Waals surface area contributed by atoms with Crippen molar-refractivity contribution >= 4 is 16.7 Å². The van der Waals surface area contributed by atoms with Gasteiger partial charge in [-0.1, -0.05) is 6.58 Å². The summed E-state index contributed by atoms with van der Waals surface area (Å²) in [6, 6.07) is 2.75. The molecule has 1 aromatic heterocycles. The molecule has 1 aliphatic heterocycles. The Labute approximate surface area is 152 Å². The number of ether oxygens (including phenoxy) is 2. The van der Waals surface area contributed by atoms with E-state index in [2.05, 4.69) is 6.58 Å². The van der Waals surface area contributed by atoms with Crippen LogP contribution < -0.4 is 0 Å². The van der Waals surface area contributed by atoms with Crippen molar-refractivity contribution in [3.05, 3.63) is 41.3 Å². The zero-order valence-corrected chi connectivity index (χ0v) is 15.1. The molecular weight excluding hydrogens is 333 g/mol. The van der Waals surface area contributed by atoms with Crippen LogP contribution in [0.3, 0.4) is 0 Å². The smallest absolute Gasteiger partial charge is 0.130 e. The zero-order valence-electron chi connectivity index (χ0n) is 15.1. The van der Waals surface area contributed by atoms with Crippen molar-refractivity contribution in [2.24, 2.45) is 0 Å². The largest absolute Gasteiger partial charge is 0.507 e. The van der Waals surface area contributed by atoms with Crippen LogP contribution in [0, 0.1) is 5.82 Å². The Hall–Kier alpha value is -2.14. The molecule has 5 heteroatoms. The van der Waals surface area contributed by atoms with Gasteiger partial charge in [-0.15, -0.1) is 0 Å².